The van der Waals surface area contributed by atoms with Crippen molar-refractivity contribution in [1.82, 2.24) is 0 Å². The molecule has 138 valence electrons. The number of nitro benzene ring substituents is 1. The summed E-state index contributed by atoms with van der Waals surface area (Å²) in [6.45, 7) is 0. The fourth-order valence-corrected chi connectivity index (χ4v) is 2.78. The minimum Gasteiger partial charge on any atom is -0.507 e. The molecular weight excluding hydrogens is 402 g/mol. The molecule has 0 aliphatic heterocycles. The molecule has 0 atom stereocenters. The summed E-state index contributed by atoms with van der Waals surface area (Å²) in [5.41, 5.74) is -0.105. The predicted octanol–water partition coefficient (Wildman–Crippen LogP) is 5.26. The van der Waals surface area contributed by atoms with E-state index in [1.165, 1.54) is 24.3 Å². The van der Waals surface area contributed by atoms with Crippen molar-refractivity contribution in [2.24, 2.45) is 0 Å². The Bertz CT molecular complexity index is 1070. The maximum Gasteiger partial charge on any atom is 0.278 e. The van der Waals surface area contributed by atoms with Crippen LogP contribution in [0.2, 0.25) is 10.0 Å². The number of hydrogen-bond donors (Lipinski definition) is 2. The Morgan fingerprint density at radius 3 is 2.48 bits per heavy atom. The SMILES string of the molecule is O=C(Nc1ccc([N+](=O)[O-])cc1Cl)c1cc(Cl)c(-c2ccc(F)o2)cc1O. The molecule has 0 unspecified atom stereocenters. The molecule has 0 aliphatic rings. The largest absolute Gasteiger partial charge is 0.507 e. The lowest BCUT2D eigenvalue weighted by Crippen LogP contribution is -2.12. The van der Waals surface area contributed by atoms with E-state index >= 15 is 0 Å². The number of nitro groups is 1. The molecule has 0 bridgehead atoms. The Balaban J connectivity index is 1.89. The summed E-state index contributed by atoms with van der Waals surface area (Å²) in [5, 5.41) is 23.3. The van der Waals surface area contributed by atoms with Crippen LogP contribution in [0.25, 0.3) is 11.3 Å². The first kappa shape index (κ1) is 18.7. The Kier molecular flexibility index (Phi) is 5.02. The van der Waals surface area contributed by atoms with E-state index in [1.54, 1.807) is 0 Å². The van der Waals surface area contributed by atoms with Crippen molar-refractivity contribution < 1.29 is 23.6 Å². The first-order valence-corrected chi connectivity index (χ1v) is 8.05. The summed E-state index contributed by atoms with van der Waals surface area (Å²) < 4.78 is 17.8. The van der Waals surface area contributed by atoms with E-state index in [4.69, 9.17) is 27.6 Å². The zero-order valence-corrected chi connectivity index (χ0v) is 14.7. The molecule has 0 saturated carbocycles. The molecule has 0 spiro atoms. The summed E-state index contributed by atoms with van der Waals surface area (Å²) in [4.78, 5) is 22.5. The van der Waals surface area contributed by atoms with Gasteiger partial charge in [-0.2, -0.15) is 4.39 Å². The lowest BCUT2D eigenvalue weighted by atomic mass is 10.1. The number of halogens is 3. The maximum atomic E-state index is 13.0. The molecule has 1 heterocycles. The van der Waals surface area contributed by atoms with Gasteiger partial charge in [-0.1, -0.05) is 23.2 Å². The number of nitrogens with zero attached hydrogens (tertiary/aromatic N) is 1. The van der Waals surface area contributed by atoms with Crippen molar-refractivity contribution in [2.75, 3.05) is 5.32 Å². The summed E-state index contributed by atoms with van der Waals surface area (Å²) in [6, 6.07) is 7.44. The molecule has 7 nitrogen and oxygen atoms in total. The van der Waals surface area contributed by atoms with Crippen molar-refractivity contribution >= 4 is 40.5 Å². The Morgan fingerprint density at radius 2 is 1.89 bits per heavy atom. The zero-order valence-electron chi connectivity index (χ0n) is 13.2. The Morgan fingerprint density at radius 1 is 1.15 bits per heavy atom. The van der Waals surface area contributed by atoms with Gasteiger partial charge >= 0.3 is 0 Å². The van der Waals surface area contributed by atoms with E-state index in [1.807, 2.05) is 0 Å². The normalized spacial score (nSPS) is 10.6. The van der Waals surface area contributed by atoms with Gasteiger partial charge in [-0.25, -0.2) is 0 Å². The molecule has 27 heavy (non-hydrogen) atoms. The summed E-state index contributed by atoms with van der Waals surface area (Å²) in [7, 11) is 0. The van der Waals surface area contributed by atoms with Crippen LogP contribution in [-0.4, -0.2) is 15.9 Å². The van der Waals surface area contributed by atoms with E-state index in [-0.39, 0.29) is 38.3 Å². The van der Waals surface area contributed by atoms with Crippen molar-refractivity contribution in [2.45, 2.75) is 0 Å². The number of non-ortho nitro benzene ring substituents is 1. The monoisotopic (exact) mass is 410 g/mol. The highest BCUT2D eigenvalue weighted by atomic mass is 35.5. The quantitative estimate of drug-likeness (QED) is 0.450. The van der Waals surface area contributed by atoms with Crippen LogP contribution in [0, 0.1) is 16.1 Å². The highest BCUT2D eigenvalue weighted by Gasteiger charge is 2.19. The molecule has 3 aromatic rings. The molecule has 2 aromatic carbocycles. The van der Waals surface area contributed by atoms with E-state index in [0.717, 1.165) is 18.2 Å². The van der Waals surface area contributed by atoms with Crippen LogP contribution in [0.5, 0.6) is 5.75 Å². The highest BCUT2D eigenvalue weighted by Crippen LogP contribution is 2.35. The predicted molar refractivity (Wildman–Crippen MR) is 96.8 cm³/mol. The topological polar surface area (TPSA) is 106 Å². The fraction of sp³-hybridized carbons (Fsp3) is 0. The third-order valence-corrected chi connectivity index (χ3v) is 4.21. The number of aromatic hydroxyl groups is 1. The molecule has 3 rings (SSSR count). The second-order valence-corrected chi connectivity index (χ2v) is 6.14. The van der Waals surface area contributed by atoms with Crippen LogP contribution >= 0.6 is 23.2 Å². The number of amides is 1. The number of carbonyl (C=O) groups is 1. The van der Waals surface area contributed by atoms with Gasteiger partial charge in [-0.15, -0.1) is 0 Å². The van der Waals surface area contributed by atoms with Crippen molar-refractivity contribution in [3.63, 3.8) is 0 Å². The summed E-state index contributed by atoms with van der Waals surface area (Å²) in [5.74, 6) is -1.10. The van der Waals surface area contributed by atoms with Gasteiger partial charge in [-0.05, 0) is 24.3 Å². The molecule has 1 aromatic heterocycles. The van der Waals surface area contributed by atoms with Gasteiger partial charge in [0.25, 0.3) is 17.6 Å². The number of phenolic OH excluding ortho intramolecular Hbond substituents is 1. The molecule has 10 heteroatoms. The van der Waals surface area contributed by atoms with Gasteiger partial charge in [0, 0.05) is 23.8 Å². The average Bonchev–Trinajstić information content (AvgIpc) is 3.04. The first-order chi connectivity index (χ1) is 12.8. The Hall–Kier alpha value is -3.10. The number of carbonyl (C=O) groups excluding carboxylic acids is 1. The van der Waals surface area contributed by atoms with Crippen molar-refractivity contribution in [3.05, 3.63) is 74.2 Å². The third kappa shape index (κ3) is 3.86. The minimum absolute atomic E-state index is 0.0436. The molecule has 0 radical (unpaired) electrons. The number of benzene rings is 2. The highest BCUT2D eigenvalue weighted by molar-refractivity contribution is 6.35. The van der Waals surface area contributed by atoms with Crippen LogP contribution in [0.3, 0.4) is 0 Å². The number of rotatable bonds is 4. The molecule has 2 N–H and O–H groups in total. The molecule has 1 amide bonds. The van der Waals surface area contributed by atoms with Gasteiger partial charge in [0.05, 0.1) is 26.2 Å². The van der Waals surface area contributed by atoms with Crippen molar-refractivity contribution in [1.29, 1.82) is 0 Å². The van der Waals surface area contributed by atoms with Crippen molar-refractivity contribution in [3.8, 4) is 17.1 Å². The molecular formula is C17H9Cl2FN2O5. The fourth-order valence-electron chi connectivity index (χ4n) is 2.30. The van der Waals surface area contributed by atoms with E-state index in [0.29, 0.717) is 0 Å². The minimum atomic E-state index is -0.824. The van der Waals surface area contributed by atoms with Gasteiger partial charge < -0.3 is 14.8 Å². The van der Waals surface area contributed by atoms with Crippen LogP contribution < -0.4 is 5.32 Å². The Labute approximate surface area is 161 Å². The maximum absolute atomic E-state index is 13.0. The van der Waals surface area contributed by atoms with Gasteiger partial charge in [0.15, 0.2) is 0 Å². The standard InChI is InChI=1S/C17H9Cl2FN2O5/c18-11-6-10(14(23)7-9(11)15-3-4-16(20)27-15)17(24)21-13-2-1-8(22(25)26)5-12(13)19/h1-7,23H,(H,21,24). The number of nitrogens with one attached hydrogen (secondary N) is 1. The van der Waals surface area contributed by atoms with E-state index < -0.39 is 22.6 Å². The first-order valence-electron chi connectivity index (χ1n) is 7.30. The van der Waals surface area contributed by atoms with Gasteiger partial charge in [0.2, 0.25) is 0 Å². The number of anilines is 1. The molecule has 0 fully saturated rings. The van der Waals surface area contributed by atoms with E-state index in [2.05, 4.69) is 5.32 Å². The van der Waals surface area contributed by atoms with Crippen LogP contribution in [-0.2, 0) is 0 Å². The van der Waals surface area contributed by atoms with Gasteiger partial charge in [-0.3, -0.25) is 14.9 Å². The lowest BCUT2D eigenvalue weighted by Gasteiger charge is -2.10. The van der Waals surface area contributed by atoms with Crippen LogP contribution in [0.4, 0.5) is 15.8 Å². The summed E-state index contributed by atoms with van der Waals surface area (Å²) >= 11 is 12.0. The number of hydrogen-bond acceptors (Lipinski definition) is 5. The molecule has 0 aliphatic carbocycles. The number of phenols is 1. The second kappa shape index (κ2) is 7.26. The lowest BCUT2D eigenvalue weighted by molar-refractivity contribution is -0.384. The third-order valence-electron chi connectivity index (χ3n) is 3.58. The average molecular weight is 411 g/mol. The van der Waals surface area contributed by atoms with E-state index in [9.17, 15) is 24.4 Å². The zero-order chi connectivity index (χ0) is 19.7. The van der Waals surface area contributed by atoms with Crippen LogP contribution in [0.1, 0.15) is 10.4 Å². The van der Waals surface area contributed by atoms with Gasteiger partial charge in [0.1, 0.15) is 11.5 Å². The molecule has 0 saturated heterocycles. The number of furan rings is 1. The second-order valence-electron chi connectivity index (χ2n) is 5.33. The van der Waals surface area contributed by atoms with Crippen LogP contribution in [0.15, 0.2) is 46.9 Å². The summed E-state index contributed by atoms with van der Waals surface area (Å²) in [6.07, 6.45) is 0. The smallest absolute Gasteiger partial charge is 0.278 e.